The second-order valence-corrected chi connectivity index (χ2v) is 6.51. The molecule has 0 aliphatic rings. The first-order chi connectivity index (χ1) is 9.58. The Morgan fingerprint density at radius 1 is 1.20 bits per heavy atom. The van der Waals surface area contributed by atoms with Crippen molar-refractivity contribution in [3.05, 3.63) is 51.1 Å². The Hall–Kier alpha value is -0.920. The molecule has 0 saturated carbocycles. The first-order valence-electron chi connectivity index (χ1n) is 5.80. The van der Waals surface area contributed by atoms with Gasteiger partial charge in [0.1, 0.15) is 0 Å². The molecule has 0 heterocycles. The molecule has 0 atom stereocenters. The van der Waals surface area contributed by atoms with E-state index < -0.39 is 0 Å². The molecule has 0 aliphatic heterocycles. The summed E-state index contributed by atoms with van der Waals surface area (Å²) in [5.41, 5.74) is 1.59. The molecule has 0 aromatic heterocycles. The highest BCUT2D eigenvalue weighted by molar-refractivity contribution is 14.1. The van der Waals surface area contributed by atoms with Gasteiger partial charge in [0.25, 0.3) is 0 Å². The summed E-state index contributed by atoms with van der Waals surface area (Å²) in [4.78, 5) is 1.10. The highest BCUT2D eigenvalue weighted by atomic mass is 127. The second-order valence-electron chi connectivity index (χ2n) is 3.98. The molecular weight excluding hydrogens is 405 g/mol. The Bertz CT molecular complexity index is 634. The predicted octanol–water partition coefficient (Wildman–Crippen LogP) is 5.13. The van der Waals surface area contributed by atoms with E-state index in [9.17, 15) is 0 Å². The van der Waals surface area contributed by atoms with E-state index in [0.717, 1.165) is 19.8 Å². The van der Waals surface area contributed by atoms with Crippen LogP contribution in [0.5, 0.6) is 0 Å². The van der Waals surface area contributed by atoms with Crippen LogP contribution in [0.2, 0.25) is 5.02 Å². The fourth-order valence-electron chi connectivity index (χ4n) is 1.60. The lowest BCUT2D eigenvalue weighted by molar-refractivity contribution is 1.40. The van der Waals surface area contributed by atoms with Crippen LogP contribution in [0.15, 0.2) is 47.4 Å². The van der Waals surface area contributed by atoms with Crippen LogP contribution in [0.3, 0.4) is 0 Å². The quantitative estimate of drug-likeness (QED) is 0.281. The Morgan fingerprint density at radius 2 is 2.00 bits per heavy atom. The standard InChI is InChI=1S/C14H13ClIN3S/c1-20-11-5-6-12(15)13(8-11)19-14(17)18-10-4-2-3-9(16)7-10/h2-8H,1H3,(H3,17,18,19). The van der Waals surface area contributed by atoms with Gasteiger partial charge in [-0.1, -0.05) is 17.7 Å². The first-order valence-corrected chi connectivity index (χ1v) is 8.48. The molecule has 20 heavy (non-hydrogen) atoms. The number of guanidine groups is 1. The zero-order valence-corrected chi connectivity index (χ0v) is 14.4. The van der Waals surface area contributed by atoms with E-state index in [1.807, 2.05) is 48.7 Å². The lowest BCUT2D eigenvalue weighted by Gasteiger charge is -2.12. The van der Waals surface area contributed by atoms with E-state index in [1.54, 1.807) is 11.8 Å². The molecule has 2 aromatic rings. The number of anilines is 2. The maximum absolute atomic E-state index is 7.97. The van der Waals surface area contributed by atoms with Gasteiger partial charge in [0, 0.05) is 14.2 Å². The van der Waals surface area contributed by atoms with Crippen molar-refractivity contribution >= 4 is 63.3 Å². The maximum atomic E-state index is 7.97. The van der Waals surface area contributed by atoms with Crippen molar-refractivity contribution in [2.45, 2.75) is 4.90 Å². The lowest BCUT2D eigenvalue weighted by atomic mass is 10.3. The van der Waals surface area contributed by atoms with Gasteiger partial charge in [-0.2, -0.15) is 0 Å². The van der Waals surface area contributed by atoms with Crippen LogP contribution in [0.25, 0.3) is 0 Å². The topological polar surface area (TPSA) is 47.9 Å². The molecule has 0 unspecified atom stereocenters. The van der Waals surface area contributed by atoms with E-state index >= 15 is 0 Å². The number of hydrogen-bond donors (Lipinski definition) is 3. The Kier molecular flexibility index (Phi) is 5.56. The molecule has 0 radical (unpaired) electrons. The molecule has 3 nitrogen and oxygen atoms in total. The summed E-state index contributed by atoms with van der Waals surface area (Å²) in [6, 6.07) is 13.5. The van der Waals surface area contributed by atoms with Gasteiger partial charge in [0.05, 0.1) is 10.7 Å². The number of nitrogens with one attached hydrogen (secondary N) is 3. The van der Waals surface area contributed by atoms with Crippen LogP contribution in [-0.4, -0.2) is 12.2 Å². The minimum absolute atomic E-state index is 0.187. The van der Waals surface area contributed by atoms with E-state index in [0.29, 0.717) is 5.02 Å². The van der Waals surface area contributed by atoms with Crippen LogP contribution in [0, 0.1) is 8.98 Å². The van der Waals surface area contributed by atoms with Crippen molar-refractivity contribution in [3.63, 3.8) is 0 Å². The molecule has 6 heteroatoms. The third-order valence-electron chi connectivity index (χ3n) is 2.53. The van der Waals surface area contributed by atoms with Crippen LogP contribution in [-0.2, 0) is 0 Å². The van der Waals surface area contributed by atoms with Crippen molar-refractivity contribution in [1.29, 1.82) is 5.41 Å². The molecule has 0 saturated heterocycles. The number of hydrogen-bond acceptors (Lipinski definition) is 2. The van der Waals surface area contributed by atoms with Crippen LogP contribution < -0.4 is 10.6 Å². The average Bonchev–Trinajstić information content (AvgIpc) is 2.41. The van der Waals surface area contributed by atoms with Crippen molar-refractivity contribution in [2.75, 3.05) is 16.9 Å². The third kappa shape index (κ3) is 4.29. The summed E-state index contributed by atoms with van der Waals surface area (Å²) in [5, 5.41) is 14.5. The minimum Gasteiger partial charge on any atom is -0.326 e. The molecule has 2 aromatic carbocycles. The van der Waals surface area contributed by atoms with Crippen LogP contribution in [0.4, 0.5) is 11.4 Å². The van der Waals surface area contributed by atoms with Crippen LogP contribution >= 0.6 is 46.0 Å². The molecule has 2 rings (SSSR count). The van der Waals surface area contributed by atoms with Gasteiger partial charge in [0.15, 0.2) is 5.96 Å². The summed E-state index contributed by atoms with van der Waals surface area (Å²) >= 11 is 10.00. The molecular formula is C14H13ClIN3S. The predicted molar refractivity (Wildman–Crippen MR) is 97.4 cm³/mol. The normalized spacial score (nSPS) is 10.2. The molecule has 104 valence electrons. The molecule has 0 bridgehead atoms. The summed E-state index contributed by atoms with van der Waals surface area (Å²) in [6.07, 6.45) is 2.00. The number of rotatable bonds is 3. The van der Waals surface area contributed by atoms with Crippen molar-refractivity contribution in [3.8, 4) is 0 Å². The van der Waals surface area contributed by atoms with Crippen molar-refractivity contribution < 1.29 is 0 Å². The SMILES string of the molecule is CSc1ccc(Cl)c(NC(=N)Nc2cccc(I)c2)c1. The smallest absolute Gasteiger partial charge is 0.197 e. The highest BCUT2D eigenvalue weighted by Crippen LogP contribution is 2.27. The van der Waals surface area contributed by atoms with Crippen molar-refractivity contribution in [1.82, 2.24) is 0 Å². The van der Waals surface area contributed by atoms with Gasteiger partial charge in [-0.25, -0.2) is 0 Å². The van der Waals surface area contributed by atoms with E-state index in [4.69, 9.17) is 17.0 Å². The summed E-state index contributed by atoms with van der Waals surface area (Å²) in [5.74, 6) is 0.187. The third-order valence-corrected chi connectivity index (χ3v) is 4.25. The summed E-state index contributed by atoms with van der Waals surface area (Å²) in [6.45, 7) is 0. The van der Waals surface area contributed by atoms with E-state index in [1.165, 1.54) is 0 Å². The van der Waals surface area contributed by atoms with Gasteiger partial charge >= 0.3 is 0 Å². The van der Waals surface area contributed by atoms with E-state index in [-0.39, 0.29) is 5.96 Å². The van der Waals surface area contributed by atoms with Crippen LogP contribution in [0.1, 0.15) is 0 Å². The Morgan fingerprint density at radius 3 is 2.70 bits per heavy atom. The molecule has 0 aliphatic carbocycles. The lowest BCUT2D eigenvalue weighted by Crippen LogP contribution is -2.20. The number of benzene rings is 2. The molecule has 0 amide bonds. The Balaban J connectivity index is 2.08. The zero-order chi connectivity index (χ0) is 14.5. The molecule has 3 N–H and O–H groups in total. The fraction of sp³-hybridized carbons (Fsp3) is 0.0714. The summed E-state index contributed by atoms with van der Waals surface area (Å²) in [7, 11) is 0. The van der Waals surface area contributed by atoms with Crippen molar-refractivity contribution in [2.24, 2.45) is 0 Å². The van der Waals surface area contributed by atoms with Gasteiger partial charge in [-0.15, -0.1) is 11.8 Å². The fourth-order valence-corrected chi connectivity index (χ4v) is 2.75. The zero-order valence-electron chi connectivity index (χ0n) is 10.7. The monoisotopic (exact) mass is 417 g/mol. The van der Waals surface area contributed by atoms with Gasteiger partial charge in [-0.05, 0) is 65.2 Å². The maximum Gasteiger partial charge on any atom is 0.197 e. The molecule has 0 fully saturated rings. The van der Waals surface area contributed by atoms with Gasteiger partial charge in [0.2, 0.25) is 0 Å². The van der Waals surface area contributed by atoms with Gasteiger partial charge < -0.3 is 10.6 Å². The van der Waals surface area contributed by atoms with Gasteiger partial charge in [-0.3, -0.25) is 5.41 Å². The molecule has 0 spiro atoms. The first kappa shape index (κ1) is 15.5. The second kappa shape index (κ2) is 7.19. The minimum atomic E-state index is 0.187. The number of thioether (sulfide) groups is 1. The van der Waals surface area contributed by atoms with E-state index in [2.05, 4.69) is 33.2 Å². The number of halogens is 2. The Labute approximate surface area is 141 Å². The average molecular weight is 418 g/mol. The highest BCUT2D eigenvalue weighted by Gasteiger charge is 2.05. The largest absolute Gasteiger partial charge is 0.326 e. The summed E-state index contributed by atoms with van der Waals surface area (Å²) < 4.78 is 1.11.